The zero-order valence-corrected chi connectivity index (χ0v) is 29.0. The van der Waals surface area contributed by atoms with Gasteiger partial charge in [0.1, 0.15) is 17.9 Å². The van der Waals surface area contributed by atoms with E-state index in [4.69, 9.17) is 5.11 Å². The van der Waals surface area contributed by atoms with Gasteiger partial charge in [0, 0.05) is 51.0 Å². The molecule has 11 nitrogen and oxygen atoms in total. The van der Waals surface area contributed by atoms with Crippen molar-refractivity contribution in [3.05, 3.63) is 29.6 Å². The van der Waals surface area contributed by atoms with Crippen LogP contribution in [0, 0.1) is 17.7 Å². The summed E-state index contributed by atoms with van der Waals surface area (Å²) in [5.41, 5.74) is 0.250. The van der Waals surface area contributed by atoms with Gasteiger partial charge in [0.25, 0.3) is 5.91 Å². The summed E-state index contributed by atoms with van der Waals surface area (Å²) >= 11 is 0. The number of anilines is 1. The number of β-amino-alcohol motifs (C(OH)–C–C–N with tert-alkyl or cyclic N) is 1. The topological polar surface area (TPSA) is 134 Å². The molecule has 2 saturated heterocycles. The summed E-state index contributed by atoms with van der Waals surface area (Å²) in [6, 6.07) is 1.92. The summed E-state index contributed by atoms with van der Waals surface area (Å²) in [4.78, 5) is 58.3. The van der Waals surface area contributed by atoms with E-state index in [1.165, 1.54) is 12.1 Å². The first kappa shape index (κ1) is 38.6. The molecule has 1 aliphatic carbocycles. The lowest BCUT2D eigenvalue weighted by atomic mass is 9.83. The van der Waals surface area contributed by atoms with E-state index in [1.54, 1.807) is 24.8 Å². The van der Waals surface area contributed by atoms with E-state index in [-0.39, 0.29) is 49.3 Å². The van der Waals surface area contributed by atoms with Crippen LogP contribution in [0.5, 0.6) is 0 Å². The predicted octanol–water partition coefficient (Wildman–Crippen LogP) is 2.94. The zero-order chi connectivity index (χ0) is 35.7. The highest BCUT2D eigenvalue weighted by molar-refractivity contribution is 5.98. The third kappa shape index (κ3) is 9.94. The molecule has 14 heteroatoms. The highest BCUT2D eigenvalue weighted by Crippen LogP contribution is 2.35. The van der Waals surface area contributed by atoms with E-state index < -0.39 is 47.5 Å². The molecule has 0 unspecified atom stereocenters. The lowest BCUT2D eigenvalue weighted by molar-refractivity contribution is -0.159. The molecule has 4 amide bonds. The quantitative estimate of drug-likeness (QED) is 0.250. The van der Waals surface area contributed by atoms with Gasteiger partial charge in [-0.2, -0.15) is 8.78 Å². The molecule has 49 heavy (non-hydrogen) atoms. The molecule has 1 aromatic rings. The van der Waals surface area contributed by atoms with Gasteiger partial charge in [0.2, 0.25) is 17.7 Å². The van der Waals surface area contributed by atoms with E-state index in [2.05, 4.69) is 20.9 Å². The number of halogens is 3. The van der Waals surface area contributed by atoms with Crippen LogP contribution in [-0.4, -0.2) is 121 Å². The van der Waals surface area contributed by atoms with Crippen molar-refractivity contribution < 1.29 is 37.5 Å². The van der Waals surface area contributed by atoms with Crippen LogP contribution in [0.15, 0.2) is 18.2 Å². The Morgan fingerprint density at radius 2 is 1.61 bits per heavy atom. The standard InChI is InChI=1S/C35H53F3N6O5/c1-4-29(46)40-30(33(48)44-18-16-42(3)17-19-44)23(2)25-10-11-28(27(36)22-25)39-32(47)31(24-8-6-5-7-9-24)41-34(49)35(37,38)26-12-14-43(15-13-26)20-21-45/h10-11,22-24,26,30-31,45H,4-9,12-21H2,1-3H3,(H,39,47)(H,40,46)(H,41,49)/t23-,30+,31-/m0/s1. The Hall–Kier alpha value is -3.23. The van der Waals surface area contributed by atoms with Gasteiger partial charge in [-0.1, -0.05) is 39.2 Å². The number of hydrogen-bond donors (Lipinski definition) is 4. The molecular formula is C35H53F3N6O5. The minimum atomic E-state index is -3.70. The minimum absolute atomic E-state index is 0.0731. The second-order valence-corrected chi connectivity index (χ2v) is 13.9. The van der Waals surface area contributed by atoms with Crippen LogP contribution in [0.25, 0.3) is 0 Å². The molecule has 0 radical (unpaired) electrons. The van der Waals surface area contributed by atoms with Crippen LogP contribution < -0.4 is 16.0 Å². The number of aliphatic hydroxyl groups is 1. The fourth-order valence-corrected chi connectivity index (χ4v) is 7.17. The molecule has 3 aliphatic rings. The summed E-state index contributed by atoms with van der Waals surface area (Å²) in [5, 5.41) is 16.8. The Morgan fingerprint density at radius 1 is 0.959 bits per heavy atom. The van der Waals surface area contributed by atoms with Gasteiger partial charge in [-0.3, -0.25) is 19.2 Å². The fourth-order valence-electron chi connectivity index (χ4n) is 7.17. The number of aliphatic hydroxyl groups excluding tert-OH is 1. The van der Waals surface area contributed by atoms with Crippen molar-refractivity contribution in [2.75, 3.05) is 64.8 Å². The third-order valence-electron chi connectivity index (χ3n) is 10.5. The van der Waals surface area contributed by atoms with Crippen LogP contribution in [0.1, 0.15) is 76.7 Å². The van der Waals surface area contributed by atoms with Gasteiger partial charge in [-0.15, -0.1) is 0 Å². The van der Waals surface area contributed by atoms with Crippen molar-refractivity contribution in [3.63, 3.8) is 0 Å². The number of alkyl halides is 2. The fraction of sp³-hybridized carbons (Fsp3) is 0.714. The Balaban J connectivity index is 1.48. The first-order valence-corrected chi connectivity index (χ1v) is 17.7. The number of amides is 4. The van der Waals surface area contributed by atoms with Crippen LogP contribution in [0.4, 0.5) is 18.9 Å². The molecule has 4 N–H and O–H groups in total. The van der Waals surface area contributed by atoms with Crippen LogP contribution in [0.2, 0.25) is 0 Å². The summed E-state index contributed by atoms with van der Waals surface area (Å²) in [5.74, 6) is -9.51. The Kier molecular flexibility index (Phi) is 13.9. The maximum Gasteiger partial charge on any atom is 0.327 e. The average molecular weight is 695 g/mol. The zero-order valence-electron chi connectivity index (χ0n) is 29.0. The Morgan fingerprint density at radius 3 is 2.20 bits per heavy atom. The number of nitrogens with one attached hydrogen (secondary N) is 3. The number of carbonyl (C=O) groups is 4. The molecule has 2 aliphatic heterocycles. The molecule has 2 heterocycles. The van der Waals surface area contributed by atoms with Crippen molar-refractivity contribution >= 4 is 29.3 Å². The molecular weight excluding hydrogens is 641 g/mol. The summed E-state index contributed by atoms with van der Waals surface area (Å²) in [6.45, 7) is 6.81. The maximum atomic E-state index is 15.6. The van der Waals surface area contributed by atoms with Crippen LogP contribution in [0.3, 0.4) is 0 Å². The van der Waals surface area contributed by atoms with E-state index in [0.29, 0.717) is 64.2 Å². The molecule has 4 rings (SSSR count). The molecule has 1 aromatic carbocycles. The van der Waals surface area contributed by atoms with E-state index in [0.717, 1.165) is 19.3 Å². The van der Waals surface area contributed by atoms with Gasteiger partial charge in [-0.25, -0.2) is 4.39 Å². The SMILES string of the molecule is CCC(=O)N[C@@H](C(=O)N1CCN(C)CC1)[C@@H](C)c1ccc(NC(=O)[C@@H](NC(=O)C(F)(F)C2CCN(CCO)CC2)C2CCCCC2)c(F)c1. The van der Waals surface area contributed by atoms with Gasteiger partial charge in [-0.05, 0) is 69.4 Å². The second kappa shape index (κ2) is 17.6. The van der Waals surface area contributed by atoms with Crippen LogP contribution >= 0.6 is 0 Å². The largest absolute Gasteiger partial charge is 0.395 e. The normalized spacial score (nSPS) is 20.7. The predicted molar refractivity (Wildman–Crippen MR) is 179 cm³/mol. The first-order chi connectivity index (χ1) is 23.3. The maximum absolute atomic E-state index is 15.6. The highest BCUT2D eigenvalue weighted by atomic mass is 19.3. The number of piperidine rings is 1. The molecule has 3 atom stereocenters. The summed E-state index contributed by atoms with van der Waals surface area (Å²) in [6.07, 6.45) is 3.98. The molecule has 0 spiro atoms. The van der Waals surface area contributed by atoms with E-state index >= 15 is 13.2 Å². The summed E-state index contributed by atoms with van der Waals surface area (Å²) < 4.78 is 46.5. The Labute approximate surface area is 287 Å². The van der Waals surface area contributed by atoms with Crippen molar-refractivity contribution in [3.8, 4) is 0 Å². The molecule has 1 saturated carbocycles. The molecule has 274 valence electrons. The van der Waals surface area contributed by atoms with Crippen molar-refractivity contribution in [1.82, 2.24) is 25.3 Å². The third-order valence-corrected chi connectivity index (χ3v) is 10.5. The summed E-state index contributed by atoms with van der Waals surface area (Å²) in [7, 11) is 1.97. The number of nitrogens with zero attached hydrogens (tertiary/aromatic N) is 3. The van der Waals surface area contributed by atoms with Crippen LogP contribution in [-0.2, 0) is 19.2 Å². The smallest absolute Gasteiger partial charge is 0.327 e. The van der Waals surface area contributed by atoms with Gasteiger partial charge < -0.3 is 35.8 Å². The number of hydrogen-bond acceptors (Lipinski definition) is 7. The number of piperazine rings is 1. The van der Waals surface area contributed by atoms with Crippen molar-refractivity contribution in [2.45, 2.75) is 89.1 Å². The minimum Gasteiger partial charge on any atom is -0.395 e. The van der Waals surface area contributed by atoms with Gasteiger partial charge >= 0.3 is 5.92 Å². The number of benzene rings is 1. The molecule has 3 fully saturated rings. The number of likely N-dealkylation sites (tertiary alicyclic amines) is 1. The highest BCUT2D eigenvalue weighted by Gasteiger charge is 2.49. The lowest BCUT2D eigenvalue weighted by Gasteiger charge is -2.36. The Bertz CT molecular complexity index is 1300. The van der Waals surface area contributed by atoms with Gasteiger partial charge in [0.05, 0.1) is 12.3 Å². The van der Waals surface area contributed by atoms with E-state index in [9.17, 15) is 19.2 Å². The number of likely N-dealkylation sites (N-methyl/N-ethyl adjacent to an activating group) is 1. The first-order valence-electron chi connectivity index (χ1n) is 17.7. The van der Waals surface area contributed by atoms with Crippen molar-refractivity contribution in [2.24, 2.45) is 11.8 Å². The monoisotopic (exact) mass is 694 g/mol. The van der Waals surface area contributed by atoms with Crippen molar-refractivity contribution in [1.29, 1.82) is 0 Å². The molecule has 0 aromatic heterocycles. The van der Waals surface area contributed by atoms with E-state index in [1.807, 2.05) is 11.9 Å². The number of rotatable bonds is 13. The van der Waals surface area contributed by atoms with Gasteiger partial charge in [0.15, 0.2) is 0 Å². The lowest BCUT2D eigenvalue weighted by Crippen LogP contribution is -2.56. The average Bonchev–Trinajstić information content (AvgIpc) is 3.10. The second-order valence-electron chi connectivity index (χ2n) is 13.9. The number of carbonyl (C=O) groups excluding carboxylic acids is 4. The molecule has 0 bridgehead atoms.